The van der Waals surface area contributed by atoms with E-state index in [1.807, 2.05) is 19.9 Å². The lowest BCUT2D eigenvalue weighted by Gasteiger charge is -2.31. The van der Waals surface area contributed by atoms with E-state index in [1.165, 1.54) is 11.4 Å². The summed E-state index contributed by atoms with van der Waals surface area (Å²) in [5.41, 5.74) is 1.57. The van der Waals surface area contributed by atoms with Gasteiger partial charge >= 0.3 is 0 Å². The highest BCUT2D eigenvalue weighted by Crippen LogP contribution is 2.32. The molecule has 1 fully saturated rings. The summed E-state index contributed by atoms with van der Waals surface area (Å²) in [5, 5.41) is 3.41. The first-order chi connectivity index (χ1) is 14.2. The number of rotatable bonds is 6. The van der Waals surface area contributed by atoms with Gasteiger partial charge < -0.3 is 10.1 Å². The number of amides is 1. The number of carbonyl (C=O) groups excluding carboxylic acids is 1. The van der Waals surface area contributed by atoms with Gasteiger partial charge in [0, 0.05) is 29.7 Å². The second-order valence-corrected chi connectivity index (χ2v) is 10.1. The molecule has 0 radical (unpaired) electrons. The van der Waals surface area contributed by atoms with Crippen LogP contribution in [0.3, 0.4) is 0 Å². The second-order valence-electron chi connectivity index (χ2n) is 7.74. The average Bonchev–Trinajstić information content (AvgIpc) is 2.73. The molecule has 1 saturated heterocycles. The molecule has 0 unspecified atom stereocenters. The van der Waals surface area contributed by atoms with Crippen LogP contribution >= 0.6 is 11.6 Å². The first-order valence-corrected chi connectivity index (χ1v) is 11.8. The Kier molecular flexibility index (Phi) is 7.06. The smallest absolute Gasteiger partial charge is 0.246 e. The van der Waals surface area contributed by atoms with Gasteiger partial charge in [-0.1, -0.05) is 37.6 Å². The van der Waals surface area contributed by atoms with Crippen molar-refractivity contribution in [3.8, 4) is 5.75 Å². The van der Waals surface area contributed by atoms with Crippen molar-refractivity contribution in [2.45, 2.75) is 37.5 Å². The number of nitrogens with zero attached hydrogens (tertiary/aromatic N) is 1. The molecule has 1 aliphatic heterocycles. The molecule has 1 amide bonds. The lowest BCUT2D eigenvalue weighted by Crippen LogP contribution is -2.41. The highest BCUT2D eigenvalue weighted by atomic mass is 35.5. The van der Waals surface area contributed by atoms with E-state index < -0.39 is 10.0 Å². The molecule has 0 bridgehead atoms. The van der Waals surface area contributed by atoms with E-state index in [0.29, 0.717) is 29.3 Å². The van der Waals surface area contributed by atoms with Gasteiger partial charge in [-0.3, -0.25) is 4.79 Å². The minimum absolute atomic E-state index is 0.117. The summed E-state index contributed by atoms with van der Waals surface area (Å²) in [6, 6.07) is 12.2. The van der Waals surface area contributed by atoms with Crippen LogP contribution in [-0.2, 0) is 14.8 Å². The SMILES string of the molecule is COc1ccc(C(C)C)cc1S(=O)(=O)N1CCC(C(=O)Nc2cccc(Cl)c2)CC1. The summed E-state index contributed by atoms with van der Waals surface area (Å²) in [5.74, 6) is 0.166. The van der Waals surface area contributed by atoms with Crippen LogP contribution in [0.2, 0.25) is 5.02 Å². The molecule has 8 heteroatoms. The molecule has 1 N–H and O–H groups in total. The van der Waals surface area contributed by atoms with Gasteiger partial charge in [-0.05, 0) is 54.7 Å². The van der Waals surface area contributed by atoms with Gasteiger partial charge in [0.15, 0.2) is 0 Å². The molecule has 0 aliphatic carbocycles. The third-order valence-corrected chi connectivity index (χ3v) is 7.54. The number of nitrogens with one attached hydrogen (secondary N) is 1. The molecular weight excluding hydrogens is 424 g/mol. The molecule has 0 atom stereocenters. The number of benzene rings is 2. The Morgan fingerprint density at radius 3 is 2.47 bits per heavy atom. The number of sulfonamides is 1. The van der Waals surface area contributed by atoms with Crippen LogP contribution in [0, 0.1) is 5.92 Å². The van der Waals surface area contributed by atoms with Gasteiger partial charge in [0.25, 0.3) is 0 Å². The summed E-state index contributed by atoms with van der Waals surface area (Å²) >= 11 is 5.96. The normalized spacial score (nSPS) is 15.9. The molecule has 3 rings (SSSR count). The zero-order valence-electron chi connectivity index (χ0n) is 17.4. The van der Waals surface area contributed by atoms with Gasteiger partial charge in [0.2, 0.25) is 15.9 Å². The molecule has 162 valence electrons. The molecule has 1 aliphatic rings. The van der Waals surface area contributed by atoms with Crippen LogP contribution in [0.5, 0.6) is 5.75 Å². The molecule has 2 aromatic carbocycles. The third kappa shape index (κ3) is 4.96. The quantitative estimate of drug-likeness (QED) is 0.702. The molecule has 0 saturated carbocycles. The highest BCUT2D eigenvalue weighted by Gasteiger charge is 2.34. The minimum Gasteiger partial charge on any atom is -0.495 e. The van der Waals surface area contributed by atoms with Crippen molar-refractivity contribution in [2.24, 2.45) is 5.92 Å². The van der Waals surface area contributed by atoms with E-state index in [2.05, 4.69) is 5.32 Å². The first kappa shape index (κ1) is 22.6. The average molecular weight is 451 g/mol. The van der Waals surface area contributed by atoms with E-state index in [4.69, 9.17) is 16.3 Å². The molecule has 6 nitrogen and oxygen atoms in total. The second kappa shape index (κ2) is 9.37. The van der Waals surface area contributed by atoms with Crippen molar-refractivity contribution in [3.63, 3.8) is 0 Å². The molecular formula is C22H27ClN2O4S. The van der Waals surface area contributed by atoms with Gasteiger partial charge in [-0.25, -0.2) is 8.42 Å². The van der Waals surface area contributed by atoms with E-state index in [1.54, 1.807) is 36.4 Å². The summed E-state index contributed by atoms with van der Waals surface area (Å²) in [4.78, 5) is 12.8. The van der Waals surface area contributed by atoms with Gasteiger partial charge in [0.05, 0.1) is 7.11 Å². The Labute approximate surface area is 183 Å². The zero-order chi connectivity index (χ0) is 21.9. The summed E-state index contributed by atoms with van der Waals surface area (Å²) in [6.45, 7) is 4.60. The largest absolute Gasteiger partial charge is 0.495 e. The van der Waals surface area contributed by atoms with E-state index in [-0.39, 0.29) is 35.7 Å². The summed E-state index contributed by atoms with van der Waals surface area (Å²) < 4.78 is 33.3. The predicted molar refractivity (Wildman–Crippen MR) is 119 cm³/mol. The zero-order valence-corrected chi connectivity index (χ0v) is 19.0. The summed E-state index contributed by atoms with van der Waals surface area (Å²) in [7, 11) is -2.25. The lowest BCUT2D eigenvalue weighted by atomic mass is 9.97. The number of piperidine rings is 1. The molecule has 1 heterocycles. The first-order valence-electron chi connectivity index (χ1n) is 9.97. The summed E-state index contributed by atoms with van der Waals surface area (Å²) in [6.07, 6.45) is 0.912. The van der Waals surface area contributed by atoms with Crippen molar-refractivity contribution in [3.05, 3.63) is 53.1 Å². The monoisotopic (exact) mass is 450 g/mol. The van der Waals surface area contributed by atoms with Crippen LogP contribution in [0.15, 0.2) is 47.4 Å². The fraction of sp³-hybridized carbons (Fsp3) is 0.409. The number of methoxy groups -OCH3 is 1. The van der Waals surface area contributed by atoms with Gasteiger partial charge in [0.1, 0.15) is 10.6 Å². The number of ether oxygens (including phenoxy) is 1. The van der Waals surface area contributed by atoms with Crippen LogP contribution < -0.4 is 10.1 Å². The Balaban J connectivity index is 1.71. The van der Waals surface area contributed by atoms with Crippen molar-refractivity contribution in [1.82, 2.24) is 4.31 Å². The minimum atomic E-state index is -3.72. The number of halogens is 1. The Bertz CT molecular complexity index is 1020. The molecule has 2 aromatic rings. The molecule has 0 aromatic heterocycles. The number of anilines is 1. The fourth-order valence-corrected chi connectivity index (χ4v) is 5.41. The number of hydrogen-bond acceptors (Lipinski definition) is 4. The fourth-order valence-electron chi connectivity index (χ4n) is 3.56. The van der Waals surface area contributed by atoms with Crippen molar-refractivity contribution in [2.75, 3.05) is 25.5 Å². The standard InChI is InChI=1S/C22H27ClN2O4S/c1-15(2)17-7-8-20(29-3)21(13-17)30(27,28)25-11-9-16(10-12-25)22(26)24-19-6-4-5-18(23)14-19/h4-8,13-16H,9-12H2,1-3H3,(H,24,26). The Morgan fingerprint density at radius 1 is 1.17 bits per heavy atom. The van der Waals surface area contributed by atoms with E-state index in [9.17, 15) is 13.2 Å². The van der Waals surface area contributed by atoms with Crippen LogP contribution in [-0.4, -0.2) is 38.8 Å². The van der Waals surface area contributed by atoms with Crippen LogP contribution in [0.25, 0.3) is 0 Å². The lowest BCUT2D eigenvalue weighted by molar-refractivity contribution is -0.120. The van der Waals surface area contributed by atoms with Crippen molar-refractivity contribution in [1.29, 1.82) is 0 Å². The molecule has 30 heavy (non-hydrogen) atoms. The maximum Gasteiger partial charge on any atom is 0.246 e. The van der Waals surface area contributed by atoms with Crippen LogP contribution in [0.1, 0.15) is 38.2 Å². The Morgan fingerprint density at radius 2 is 1.87 bits per heavy atom. The number of carbonyl (C=O) groups is 1. The van der Waals surface area contributed by atoms with Gasteiger partial charge in [-0.15, -0.1) is 0 Å². The van der Waals surface area contributed by atoms with Gasteiger partial charge in [-0.2, -0.15) is 4.31 Å². The Hall–Kier alpha value is -2.09. The van der Waals surface area contributed by atoms with Crippen molar-refractivity contribution < 1.29 is 17.9 Å². The maximum atomic E-state index is 13.3. The van der Waals surface area contributed by atoms with E-state index >= 15 is 0 Å². The number of hydrogen-bond donors (Lipinski definition) is 1. The topological polar surface area (TPSA) is 75.7 Å². The predicted octanol–water partition coefficient (Wildman–Crippen LogP) is 4.51. The van der Waals surface area contributed by atoms with E-state index in [0.717, 1.165) is 5.56 Å². The third-order valence-electron chi connectivity index (χ3n) is 5.39. The van der Waals surface area contributed by atoms with Crippen molar-refractivity contribution >= 4 is 33.2 Å². The van der Waals surface area contributed by atoms with Crippen LogP contribution in [0.4, 0.5) is 5.69 Å². The molecule has 0 spiro atoms. The maximum absolute atomic E-state index is 13.3. The highest BCUT2D eigenvalue weighted by molar-refractivity contribution is 7.89.